The quantitative estimate of drug-likeness (QED) is 0.520. The van der Waals surface area contributed by atoms with E-state index in [2.05, 4.69) is 40.7 Å². The molecule has 0 aromatic carbocycles. The van der Waals surface area contributed by atoms with Crippen molar-refractivity contribution in [1.29, 1.82) is 0 Å². The van der Waals surface area contributed by atoms with Gasteiger partial charge in [-0.15, -0.1) is 0 Å². The molecule has 0 amide bonds. The summed E-state index contributed by atoms with van der Waals surface area (Å²) in [6.07, 6.45) is 4.69. The maximum atomic E-state index is 6.23. The summed E-state index contributed by atoms with van der Waals surface area (Å²) < 4.78 is 6.23. The lowest BCUT2D eigenvalue weighted by Gasteiger charge is -2.40. The van der Waals surface area contributed by atoms with Crippen LogP contribution in [0.3, 0.4) is 0 Å². The lowest BCUT2D eigenvalue weighted by molar-refractivity contribution is -0.0860. The van der Waals surface area contributed by atoms with Crippen LogP contribution in [0.1, 0.15) is 47.5 Å². The maximum Gasteiger partial charge on any atom is 0.0950 e. The van der Waals surface area contributed by atoms with Gasteiger partial charge in [0.1, 0.15) is 0 Å². The van der Waals surface area contributed by atoms with Crippen LogP contribution in [0.25, 0.3) is 0 Å². The summed E-state index contributed by atoms with van der Waals surface area (Å²) >= 11 is 0. The van der Waals surface area contributed by atoms with Gasteiger partial charge in [0.05, 0.1) is 11.2 Å². The van der Waals surface area contributed by atoms with E-state index >= 15 is 0 Å². The second-order valence-electron chi connectivity index (χ2n) is 5.82. The van der Waals surface area contributed by atoms with E-state index in [1.165, 1.54) is 18.4 Å². The number of hydrogen-bond donors (Lipinski definition) is 0. The minimum absolute atomic E-state index is 0.0295. The van der Waals surface area contributed by atoms with Crippen molar-refractivity contribution in [2.75, 3.05) is 0 Å². The van der Waals surface area contributed by atoms with Gasteiger partial charge in [-0.3, -0.25) is 0 Å². The third-order valence-electron chi connectivity index (χ3n) is 3.75. The standard InChI is InChI=1S/C12H20O/c1-9-8-11(5)6-7-12(9,13-11)10(2,3)4/h8H,6-7H2,1-5H3. The monoisotopic (exact) mass is 180 g/mol. The Bertz CT molecular complexity index is 271. The lowest BCUT2D eigenvalue weighted by atomic mass is 9.69. The maximum absolute atomic E-state index is 6.23. The van der Waals surface area contributed by atoms with Crippen LogP contribution in [0, 0.1) is 5.41 Å². The SMILES string of the molecule is CC1=CC2(C)CCC1(C(C)(C)C)O2. The zero-order valence-corrected chi connectivity index (χ0v) is 9.40. The molecular formula is C12H20O. The predicted molar refractivity (Wildman–Crippen MR) is 54.7 cm³/mol. The number of hydrogen-bond acceptors (Lipinski definition) is 1. The van der Waals surface area contributed by atoms with Crippen LogP contribution in [0.4, 0.5) is 0 Å². The van der Waals surface area contributed by atoms with Crippen LogP contribution >= 0.6 is 0 Å². The van der Waals surface area contributed by atoms with Gasteiger partial charge in [0, 0.05) is 0 Å². The first-order valence-electron chi connectivity index (χ1n) is 5.19. The topological polar surface area (TPSA) is 9.23 Å². The van der Waals surface area contributed by atoms with E-state index in [1.807, 2.05) is 0 Å². The highest BCUT2D eigenvalue weighted by atomic mass is 16.5. The fourth-order valence-corrected chi connectivity index (χ4v) is 3.00. The average molecular weight is 180 g/mol. The van der Waals surface area contributed by atoms with Crippen LogP contribution < -0.4 is 0 Å². The summed E-state index contributed by atoms with van der Waals surface area (Å²) in [5.74, 6) is 0. The number of ether oxygens (including phenoxy) is 1. The molecule has 2 unspecified atom stereocenters. The average Bonchev–Trinajstić information content (AvgIpc) is 2.37. The molecule has 2 aliphatic rings. The molecule has 2 bridgehead atoms. The van der Waals surface area contributed by atoms with Gasteiger partial charge in [-0.1, -0.05) is 26.8 Å². The Hall–Kier alpha value is -0.300. The van der Waals surface area contributed by atoms with Crippen molar-refractivity contribution in [3.63, 3.8) is 0 Å². The third-order valence-corrected chi connectivity index (χ3v) is 3.75. The van der Waals surface area contributed by atoms with Crippen LogP contribution in [0.15, 0.2) is 11.6 Å². The Balaban J connectivity index is 2.44. The molecule has 13 heavy (non-hydrogen) atoms. The first kappa shape index (κ1) is 9.26. The molecule has 0 aliphatic carbocycles. The molecule has 2 atom stereocenters. The predicted octanol–water partition coefficient (Wildman–Crippen LogP) is 3.30. The molecule has 0 radical (unpaired) electrons. The van der Waals surface area contributed by atoms with Crippen molar-refractivity contribution in [3.8, 4) is 0 Å². The highest BCUT2D eigenvalue weighted by molar-refractivity contribution is 5.33. The van der Waals surface area contributed by atoms with E-state index in [0.29, 0.717) is 0 Å². The molecule has 2 rings (SSSR count). The Kier molecular flexibility index (Phi) is 1.56. The minimum Gasteiger partial charge on any atom is -0.360 e. The fraction of sp³-hybridized carbons (Fsp3) is 0.833. The van der Waals surface area contributed by atoms with Crippen molar-refractivity contribution in [2.45, 2.75) is 58.7 Å². The van der Waals surface area contributed by atoms with Crippen LogP contribution in [-0.2, 0) is 4.74 Å². The Labute approximate surface area is 81.2 Å². The van der Waals surface area contributed by atoms with Gasteiger partial charge in [0.15, 0.2) is 0 Å². The molecule has 2 aliphatic heterocycles. The fourth-order valence-electron chi connectivity index (χ4n) is 3.00. The molecule has 1 saturated heterocycles. The summed E-state index contributed by atoms with van der Waals surface area (Å²) in [7, 11) is 0. The normalized spacial score (nSPS) is 43.9. The first-order chi connectivity index (χ1) is 5.79. The Morgan fingerprint density at radius 1 is 1.31 bits per heavy atom. The highest BCUT2D eigenvalue weighted by Gasteiger charge is 2.57. The van der Waals surface area contributed by atoms with Gasteiger partial charge in [0.2, 0.25) is 0 Å². The number of rotatable bonds is 0. The molecule has 0 aromatic rings. The van der Waals surface area contributed by atoms with Gasteiger partial charge in [-0.2, -0.15) is 0 Å². The first-order valence-corrected chi connectivity index (χ1v) is 5.19. The van der Waals surface area contributed by atoms with Crippen molar-refractivity contribution >= 4 is 0 Å². The van der Waals surface area contributed by atoms with Crippen LogP contribution in [-0.4, -0.2) is 11.2 Å². The van der Waals surface area contributed by atoms with Gasteiger partial charge < -0.3 is 4.74 Å². The second kappa shape index (κ2) is 2.20. The van der Waals surface area contributed by atoms with E-state index in [4.69, 9.17) is 4.74 Å². The van der Waals surface area contributed by atoms with Crippen molar-refractivity contribution in [1.82, 2.24) is 0 Å². The summed E-state index contributed by atoms with van der Waals surface area (Å²) in [5, 5.41) is 0. The molecule has 0 aromatic heterocycles. The zero-order chi connectivity index (χ0) is 9.91. The summed E-state index contributed by atoms with van der Waals surface area (Å²) in [6.45, 7) is 11.3. The second-order valence-corrected chi connectivity index (χ2v) is 5.82. The van der Waals surface area contributed by atoms with Crippen molar-refractivity contribution in [3.05, 3.63) is 11.6 Å². The zero-order valence-electron chi connectivity index (χ0n) is 9.40. The van der Waals surface area contributed by atoms with E-state index in [9.17, 15) is 0 Å². The van der Waals surface area contributed by atoms with Crippen molar-refractivity contribution < 1.29 is 4.74 Å². The Morgan fingerprint density at radius 2 is 1.92 bits per heavy atom. The Morgan fingerprint density at radius 3 is 2.15 bits per heavy atom. The molecule has 1 heteroatoms. The van der Waals surface area contributed by atoms with Crippen molar-refractivity contribution in [2.24, 2.45) is 5.41 Å². The molecule has 74 valence electrons. The van der Waals surface area contributed by atoms with Gasteiger partial charge >= 0.3 is 0 Å². The summed E-state index contributed by atoms with van der Waals surface area (Å²) in [4.78, 5) is 0. The smallest absolute Gasteiger partial charge is 0.0950 e. The lowest BCUT2D eigenvalue weighted by Crippen LogP contribution is -2.42. The third kappa shape index (κ3) is 1.03. The van der Waals surface area contributed by atoms with Crippen LogP contribution in [0.5, 0.6) is 0 Å². The van der Waals surface area contributed by atoms with E-state index in [0.717, 1.165) is 0 Å². The van der Waals surface area contributed by atoms with Gasteiger partial charge in [-0.25, -0.2) is 0 Å². The summed E-state index contributed by atoms with van der Waals surface area (Å²) in [6, 6.07) is 0. The molecule has 1 fully saturated rings. The van der Waals surface area contributed by atoms with Gasteiger partial charge in [0.25, 0.3) is 0 Å². The van der Waals surface area contributed by atoms with E-state index in [-0.39, 0.29) is 16.6 Å². The molecular weight excluding hydrogens is 160 g/mol. The molecule has 0 spiro atoms. The molecule has 0 saturated carbocycles. The van der Waals surface area contributed by atoms with E-state index < -0.39 is 0 Å². The van der Waals surface area contributed by atoms with E-state index in [1.54, 1.807) is 0 Å². The largest absolute Gasteiger partial charge is 0.360 e. The number of fused-ring (bicyclic) bond motifs is 2. The van der Waals surface area contributed by atoms with Crippen LogP contribution in [0.2, 0.25) is 0 Å². The molecule has 1 nitrogen and oxygen atoms in total. The van der Waals surface area contributed by atoms with Gasteiger partial charge in [-0.05, 0) is 37.7 Å². The highest BCUT2D eigenvalue weighted by Crippen LogP contribution is 2.57. The molecule has 0 N–H and O–H groups in total. The minimum atomic E-state index is 0.0295. The summed E-state index contributed by atoms with van der Waals surface area (Å²) in [5.41, 5.74) is 1.73. The molecule has 2 heterocycles.